The number of aryl methyl sites for hydroxylation is 1. The van der Waals surface area contributed by atoms with E-state index in [2.05, 4.69) is 24.8 Å². The highest BCUT2D eigenvalue weighted by Gasteiger charge is 2.34. The second-order valence-electron chi connectivity index (χ2n) is 7.83. The lowest BCUT2D eigenvalue weighted by Crippen LogP contribution is -2.33. The minimum absolute atomic E-state index is 0.0389. The van der Waals surface area contributed by atoms with Crippen LogP contribution in [0.15, 0.2) is 46.6 Å². The van der Waals surface area contributed by atoms with E-state index >= 15 is 0 Å². The van der Waals surface area contributed by atoms with E-state index in [-0.39, 0.29) is 17.0 Å². The first-order chi connectivity index (χ1) is 15.4. The molecule has 170 valence electrons. The second kappa shape index (κ2) is 10.4. The summed E-state index contributed by atoms with van der Waals surface area (Å²) in [4.78, 5) is 16.0. The minimum Gasteiger partial charge on any atom is -0.494 e. The van der Waals surface area contributed by atoms with Gasteiger partial charge in [0.05, 0.1) is 18.1 Å². The van der Waals surface area contributed by atoms with Crippen molar-refractivity contribution in [3.8, 4) is 17.6 Å². The van der Waals surface area contributed by atoms with E-state index in [1.54, 1.807) is 4.57 Å². The molecule has 0 unspecified atom stereocenters. The van der Waals surface area contributed by atoms with Gasteiger partial charge < -0.3 is 24.7 Å². The number of rotatable bonds is 9. The number of fused-ring (bicyclic) bond motifs is 1. The summed E-state index contributed by atoms with van der Waals surface area (Å²) in [5.74, 6) is 0.609. The monoisotopic (exact) mass is 436 g/mol. The molecular weight excluding hydrogens is 404 g/mol. The van der Waals surface area contributed by atoms with Gasteiger partial charge in [0, 0.05) is 18.3 Å². The number of allylic oxidation sites excluding steroid dienone is 1. The Labute approximate surface area is 189 Å². The average Bonchev–Trinajstić information content (AvgIpc) is 2.78. The van der Waals surface area contributed by atoms with Crippen LogP contribution in [0.25, 0.3) is 0 Å². The van der Waals surface area contributed by atoms with Crippen LogP contribution >= 0.6 is 0 Å². The normalized spacial score (nSPS) is 15.3. The number of nitrogens with zero attached hydrogens (tertiary/aromatic N) is 3. The van der Waals surface area contributed by atoms with Crippen molar-refractivity contribution in [3.05, 3.63) is 69.0 Å². The molecule has 1 aromatic heterocycles. The Hall–Kier alpha value is -3.24. The van der Waals surface area contributed by atoms with Crippen LogP contribution in [0.4, 0.5) is 0 Å². The fourth-order valence-electron chi connectivity index (χ4n) is 4.21. The molecule has 1 aliphatic rings. The van der Waals surface area contributed by atoms with Crippen molar-refractivity contribution in [2.45, 2.75) is 46.6 Å². The maximum atomic E-state index is 13.6. The van der Waals surface area contributed by atoms with Gasteiger partial charge in [-0.1, -0.05) is 26.0 Å². The van der Waals surface area contributed by atoms with Crippen molar-refractivity contribution in [2.24, 2.45) is 5.73 Å². The quantitative estimate of drug-likeness (QED) is 0.647. The van der Waals surface area contributed by atoms with Gasteiger partial charge in [-0.2, -0.15) is 5.26 Å². The molecule has 7 heteroatoms. The molecule has 1 atom stereocenters. The summed E-state index contributed by atoms with van der Waals surface area (Å²) in [6, 6.07) is 11.4. The van der Waals surface area contributed by atoms with Crippen molar-refractivity contribution in [3.63, 3.8) is 0 Å². The van der Waals surface area contributed by atoms with Gasteiger partial charge in [-0.3, -0.25) is 4.79 Å². The van der Waals surface area contributed by atoms with Crippen LogP contribution < -0.4 is 20.8 Å². The number of nitrogens with two attached hydrogens (primary N) is 1. The minimum atomic E-state index is -0.582. The van der Waals surface area contributed by atoms with E-state index in [0.717, 1.165) is 43.1 Å². The van der Waals surface area contributed by atoms with Gasteiger partial charge in [-0.15, -0.1) is 0 Å². The van der Waals surface area contributed by atoms with Crippen molar-refractivity contribution < 1.29 is 9.47 Å². The van der Waals surface area contributed by atoms with Crippen LogP contribution in [0.2, 0.25) is 0 Å². The fraction of sp³-hybridized carbons (Fsp3) is 0.440. The molecule has 7 nitrogen and oxygen atoms in total. The highest BCUT2D eigenvalue weighted by Crippen LogP contribution is 2.40. The highest BCUT2D eigenvalue weighted by molar-refractivity contribution is 5.55. The fourth-order valence-corrected chi connectivity index (χ4v) is 4.21. The van der Waals surface area contributed by atoms with Crippen LogP contribution in [0.1, 0.15) is 49.9 Å². The molecular formula is C25H32N4O3. The lowest BCUT2D eigenvalue weighted by Gasteiger charge is -2.27. The molecule has 0 aliphatic carbocycles. The number of aromatic nitrogens is 1. The van der Waals surface area contributed by atoms with E-state index in [1.807, 2.05) is 44.2 Å². The molecule has 0 radical (unpaired) electrons. The third-order valence-electron chi connectivity index (χ3n) is 5.96. The standard InChI is InChI=1S/C25H32N4O3/c1-5-28(6-2)13-8-14-29-17(4)15-21-23(25(29)30)22(20(16-26)24(27)32-21)18-9-11-19(12-10-18)31-7-3/h9-12,15,22H,5-8,13-14,27H2,1-4H3/t22-/m0/s1. The molecule has 1 aromatic carbocycles. The van der Waals surface area contributed by atoms with E-state index in [1.165, 1.54) is 0 Å². The summed E-state index contributed by atoms with van der Waals surface area (Å²) in [6.45, 7) is 12.1. The van der Waals surface area contributed by atoms with Gasteiger partial charge >= 0.3 is 0 Å². The van der Waals surface area contributed by atoms with Crippen molar-refractivity contribution in [2.75, 3.05) is 26.2 Å². The zero-order valence-corrected chi connectivity index (χ0v) is 19.4. The number of pyridine rings is 1. The molecule has 3 rings (SSSR count). The van der Waals surface area contributed by atoms with Crippen molar-refractivity contribution >= 4 is 0 Å². The molecule has 2 heterocycles. The van der Waals surface area contributed by atoms with Gasteiger partial charge in [0.2, 0.25) is 5.88 Å². The Morgan fingerprint density at radius 1 is 1.22 bits per heavy atom. The summed E-state index contributed by atoms with van der Waals surface area (Å²) >= 11 is 0. The smallest absolute Gasteiger partial charge is 0.258 e. The average molecular weight is 437 g/mol. The molecule has 1 aliphatic heterocycles. The summed E-state index contributed by atoms with van der Waals surface area (Å²) in [5, 5.41) is 9.82. The van der Waals surface area contributed by atoms with E-state index in [4.69, 9.17) is 15.2 Å². The lowest BCUT2D eigenvalue weighted by molar-refractivity contribution is 0.292. The van der Waals surface area contributed by atoms with Gasteiger partial charge in [0.15, 0.2) is 0 Å². The first-order valence-corrected chi connectivity index (χ1v) is 11.2. The summed E-state index contributed by atoms with van der Waals surface area (Å²) in [7, 11) is 0. The molecule has 0 bridgehead atoms. The highest BCUT2D eigenvalue weighted by atomic mass is 16.5. The third-order valence-corrected chi connectivity index (χ3v) is 5.96. The molecule has 0 saturated carbocycles. The molecule has 0 spiro atoms. The summed E-state index contributed by atoms with van der Waals surface area (Å²) in [6.07, 6.45) is 0.860. The lowest BCUT2D eigenvalue weighted by atomic mass is 9.84. The first-order valence-electron chi connectivity index (χ1n) is 11.2. The maximum absolute atomic E-state index is 13.6. The Bertz CT molecular complexity index is 1080. The number of benzene rings is 1. The van der Waals surface area contributed by atoms with Crippen LogP contribution in [-0.4, -0.2) is 35.7 Å². The van der Waals surface area contributed by atoms with Gasteiger partial charge in [0.1, 0.15) is 23.1 Å². The molecule has 0 amide bonds. The molecule has 2 N–H and O–H groups in total. The zero-order valence-electron chi connectivity index (χ0n) is 19.4. The predicted molar refractivity (Wildman–Crippen MR) is 125 cm³/mol. The molecule has 0 fully saturated rings. The van der Waals surface area contributed by atoms with Gasteiger partial charge in [0.25, 0.3) is 5.56 Å². The first kappa shape index (κ1) is 23.4. The zero-order chi connectivity index (χ0) is 23.3. The molecule has 32 heavy (non-hydrogen) atoms. The predicted octanol–water partition coefficient (Wildman–Crippen LogP) is 3.51. The Kier molecular flexibility index (Phi) is 7.60. The summed E-state index contributed by atoms with van der Waals surface area (Å²) < 4.78 is 13.0. The Morgan fingerprint density at radius 3 is 2.50 bits per heavy atom. The molecule has 0 saturated heterocycles. The van der Waals surface area contributed by atoms with E-state index in [0.29, 0.717) is 24.5 Å². The van der Waals surface area contributed by atoms with E-state index < -0.39 is 5.92 Å². The molecule has 2 aromatic rings. The van der Waals surface area contributed by atoms with Crippen molar-refractivity contribution in [1.29, 1.82) is 5.26 Å². The topological polar surface area (TPSA) is 93.5 Å². The van der Waals surface area contributed by atoms with Crippen LogP contribution in [0.5, 0.6) is 11.5 Å². The number of hydrogen-bond donors (Lipinski definition) is 1. The number of ether oxygens (including phenoxy) is 2. The van der Waals surface area contributed by atoms with Crippen molar-refractivity contribution in [1.82, 2.24) is 9.47 Å². The van der Waals surface area contributed by atoms with Crippen LogP contribution in [0, 0.1) is 18.3 Å². The largest absolute Gasteiger partial charge is 0.494 e. The Morgan fingerprint density at radius 2 is 1.91 bits per heavy atom. The Balaban J connectivity index is 2.04. The van der Waals surface area contributed by atoms with Gasteiger partial charge in [-0.25, -0.2) is 0 Å². The van der Waals surface area contributed by atoms with Gasteiger partial charge in [-0.05, 0) is 57.6 Å². The number of hydrogen-bond acceptors (Lipinski definition) is 6. The number of nitriles is 1. The van der Waals surface area contributed by atoms with E-state index in [9.17, 15) is 10.1 Å². The van der Waals surface area contributed by atoms with Crippen LogP contribution in [-0.2, 0) is 6.54 Å². The SMILES string of the molecule is CCOc1ccc([C@H]2C(C#N)=C(N)Oc3cc(C)n(CCCN(CC)CC)c(=O)c32)cc1. The summed E-state index contributed by atoms with van der Waals surface area (Å²) in [5.41, 5.74) is 8.26. The van der Waals surface area contributed by atoms with Crippen LogP contribution in [0.3, 0.4) is 0 Å². The third kappa shape index (κ3) is 4.66. The second-order valence-corrected chi connectivity index (χ2v) is 7.83. The maximum Gasteiger partial charge on any atom is 0.258 e.